The van der Waals surface area contributed by atoms with Gasteiger partial charge in [-0.2, -0.15) is 0 Å². The van der Waals surface area contributed by atoms with Gasteiger partial charge in [-0.25, -0.2) is 0 Å². The number of fused-ring (bicyclic) bond motifs is 1. The fraction of sp³-hybridized carbons (Fsp3) is 0.667. The number of nitrogens with zero attached hydrogens (tertiary/aromatic N) is 1. The number of ether oxygens (including phenoxy) is 1. The number of hydrogen-bond acceptors (Lipinski definition) is 3. The summed E-state index contributed by atoms with van der Waals surface area (Å²) in [6.45, 7) is 6.14. The number of carbonyl (C=O) groups is 1. The number of methoxy groups -OCH3 is 1. The van der Waals surface area contributed by atoms with Gasteiger partial charge < -0.3 is 15.0 Å². The van der Waals surface area contributed by atoms with Crippen LogP contribution >= 0.6 is 0 Å². The molecule has 0 bridgehead atoms. The van der Waals surface area contributed by atoms with Crippen molar-refractivity contribution >= 4 is 5.91 Å². The molecule has 1 amide bonds. The zero-order chi connectivity index (χ0) is 17.7. The van der Waals surface area contributed by atoms with Gasteiger partial charge in [-0.15, -0.1) is 0 Å². The molecule has 4 nitrogen and oxygen atoms in total. The standard InChI is InChI=1S/C21H32N2O2/c1-21(16-25-2)11-14-23(15-12-21)13-10-20(24)22-19-9-5-7-17-6-3-4-8-18(17)19/h3-4,6,8,19H,5,7,9-16H2,1-2H3,(H,22,24)/t19-/m1/s1. The third kappa shape index (κ3) is 4.83. The molecule has 138 valence electrons. The first kappa shape index (κ1) is 18.4. The minimum atomic E-state index is 0.187. The topological polar surface area (TPSA) is 41.6 Å². The Morgan fingerprint density at radius 2 is 2.08 bits per heavy atom. The summed E-state index contributed by atoms with van der Waals surface area (Å²) in [6, 6.07) is 8.73. The lowest BCUT2D eigenvalue weighted by atomic mass is 9.81. The molecule has 0 spiro atoms. The Morgan fingerprint density at radius 3 is 2.84 bits per heavy atom. The molecule has 1 atom stereocenters. The largest absolute Gasteiger partial charge is 0.384 e. The Kier molecular flexibility index (Phi) is 6.13. The molecule has 0 saturated carbocycles. The Hall–Kier alpha value is -1.39. The van der Waals surface area contributed by atoms with Gasteiger partial charge in [-0.05, 0) is 61.7 Å². The van der Waals surface area contributed by atoms with Crippen molar-refractivity contribution in [1.29, 1.82) is 0 Å². The number of piperidine rings is 1. The Labute approximate surface area is 151 Å². The summed E-state index contributed by atoms with van der Waals surface area (Å²) in [5.41, 5.74) is 3.02. The van der Waals surface area contributed by atoms with Gasteiger partial charge in [0.1, 0.15) is 0 Å². The van der Waals surface area contributed by atoms with Crippen LogP contribution in [0.5, 0.6) is 0 Å². The van der Waals surface area contributed by atoms with Crippen molar-refractivity contribution in [2.45, 2.75) is 51.5 Å². The molecule has 0 unspecified atom stereocenters. The average molecular weight is 344 g/mol. The first-order chi connectivity index (χ1) is 12.1. The molecule has 1 aromatic rings. The summed E-state index contributed by atoms with van der Waals surface area (Å²) < 4.78 is 5.35. The van der Waals surface area contributed by atoms with Crippen LogP contribution in [0.25, 0.3) is 0 Å². The first-order valence-electron chi connectivity index (χ1n) is 9.68. The van der Waals surface area contributed by atoms with E-state index in [1.54, 1.807) is 7.11 Å². The average Bonchev–Trinajstić information content (AvgIpc) is 2.62. The molecule has 3 rings (SSSR count). The van der Waals surface area contributed by atoms with Gasteiger partial charge in [-0.3, -0.25) is 4.79 Å². The van der Waals surface area contributed by atoms with Crippen LogP contribution in [0.3, 0.4) is 0 Å². The predicted octanol–water partition coefficient (Wildman–Crippen LogP) is 3.32. The van der Waals surface area contributed by atoms with E-state index in [-0.39, 0.29) is 11.9 Å². The maximum absolute atomic E-state index is 12.4. The van der Waals surface area contributed by atoms with Crippen molar-refractivity contribution in [2.75, 3.05) is 33.4 Å². The second-order valence-corrected chi connectivity index (χ2v) is 8.05. The van der Waals surface area contributed by atoms with Gasteiger partial charge in [0.15, 0.2) is 0 Å². The van der Waals surface area contributed by atoms with Crippen LogP contribution < -0.4 is 5.32 Å². The van der Waals surface area contributed by atoms with E-state index in [9.17, 15) is 4.79 Å². The summed E-state index contributed by atoms with van der Waals surface area (Å²) in [6.07, 6.45) is 6.25. The Balaban J connectivity index is 1.44. The van der Waals surface area contributed by atoms with Crippen LogP contribution in [0.15, 0.2) is 24.3 Å². The molecule has 1 aromatic carbocycles. The molecule has 0 aromatic heterocycles. The van der Waals surface area contributed by atoms with Crippen molar-refractivity contribution in [3.05, 3.63) is 35.4 Å². The van der Waals surface area contributed by atoms with Crippen molar-refractivity contribution in [1.82, 2.24) is 10.2 Å². The second kappa shape index (κ2) is 8.33. The van der Waals surface area contributed by atoms with E-state index in [0.717, 1.165) is 58.3 Å². The zero-order valence-corrected chi connectivity index (χ0v) is 15.7. The van der Waals surface area contributed by atoms with Crippen LogP contribution in [0, 0.1) is 5.41 Å². The van der Waals surface area contributed by atoms with Gasteiger partial charge in [0.05, 0.1) is 12.6 Å². The van der Waals surface area contributed by atoms with E-state index in [2.05, 4.69) is 41.4 Å². The zero-order valence-electron chi connectivity index (χ0n) is 15.7. The first-order valence-corrected chi connectivity index (χ1v) is 9.68. The predicted molar refractivity (Wildman–Crippen MR) is 101 cm³/mol. The number of rotatable bonds is 6. The third-order valence-electron chi connectivity index (χ3n) is 5.92. The van der Waals surface area contributed by atoms with Crippen LogP contribution in [0.2, 0.25) is 0 Å². The van der Waals surface area contributed by atoms with Crippen LogP contribution in [0.4, 0.5) is 0 Å². The highest BCUT2D eigenvalue weighted by atomic mass is 16.5. The molecule has 4 heteroatoms. The number of amides is 1. The molecule has 1 aliphatic carbocycles. The third-order valence-corrected chi connectivity index (χ3v) is 5.92. The lowest BCUT2D eigenvalue weighted by Gasteiger charge is -2.39. The molecular weight excluding hydrogens is 312 g/mol. The number of hydrogen-bond donors (Lipinski definition) is 1. The summed E-state index contributed by atoms with van der Waals surface area (Å²) in [5, 5.41) is 3.27. The van der Waals surface area contributed by atoms with Crippen LogP contribution in [-0.4, -0.2) is 44.2 Å². The van der Waals surface area contributed by atoms with Crippen molar-refractivity contribution in [3.63, 3.8) is 0 Å². The minimum Gasteiger partial charge on any atom is -0.384 e. The molecule has 25 heavy (non-hydrogen) atoms. The molecular formula is C21H32N2O2. The Morgan fingerprint density at radius 1 is 1.32 bits per heavy atom. The Bertz CT molecular complexity index is 579. The van der Waals surface area contributed by atoms with E-state index in [0.29, 0.717) is 11.8 Å². The highest BCUT2D eigenvalue weighted by Gasteiger charge is 2.30. The van der Waals surface area contributed by atoms with Gasteiger partial charge in [-0.1, -0.05) is 31.2 Å². The van der Waals surface area contributed by atoms with Gasteiger partial charge in [0.2, 0.25) is 5.91 Å². The van der Waals surface area contributed by atoms with Gasteiger partial charge >= 0.3 is 0 Å². The maximum atomic E-state index is 12.4. The molecule has 1 fully saturated rings. The van der Waals surface area contributed by atoms with E-state index >= 15 is 0 Å². The van der Waals surface area contributed by atoms with E-state index in [1.165, 1.54) is 11.1 Å². The SMILES string of the molecule is COCC1(C)CCN(CCC(=O)N[C@@H]2CCCc3ccccc32)CC1. The lowest BCUT2D eigenvalue weighted by Crippen LogP contribution is -2.42. The lowest BCUT2D eigenvalue weighted by molar-refractivity contribution is -0.122. The van der Waals surface area contributed by atoms with E-state index in [4.69, 9.17) is 4.74 Å². The number of benzene rings is 1. The fourth-order valence-electron chi connectivity index (χ4n) is 4.24. The molecule has 1 heterocycles. The van der Waals surface area contributed by atoms with Gasteiger partial charge in [0.25, 0.3) is 0 Å². The number of aryl methyl sites for hydroxylation is 1. The summed E-state index contributed by atoms with van der Waals surface area (Å²) in [7, 11) is 1.78. The number of carbonyl (C=O) groups excluding carboxylic acids is 1. The highest BCUT2D eigenvalue weighted by molar-refractivity contribution is 5.76. The van der Waals surface area contributed by atoms with E-state index < -0.39 is 0 Å². The summed E-state index contributed by atoms with van der Waals surface area (Å²) in [4.78, 5) is 14.9. The summed E-state index contributed by atoms with van der Waals surface area (Å²) >= 11 is 0. The van der Waals surface area contributed by atoms with Crippen LogP contribution in [-0.2, 0) is 16.0 Å². The number of likely N-dealkylation sites (tertiary alicyclic amines) is 1. The van der Waals surface area contributed by atoms with Crippen LogP contribution in [0.1, 0.15) is 56.2 Å². The van der Waals surface area contributed by atoms with Crippen molar-refractivity contribution in [3.8, 4) is 0 Å². The maximum Gasteiger partial charge on any atom is 0.221 e. The van der Waals surface area contributed by atoms with Crippen molar-refractivity contribution < 1.29 is 9.53 Å². The molecule has 2 aliphatic rings. The molecule has 1 aliphatic heterocycles. The quantitative estimate of drug-likeness (QED) is 0.861. The van der Waals surface area contributed by atoms with Gasteiger partial charge in [0, 0.05) is 20.1 Å². The van der Waals surface area contributed by atoms with E-state index in [1.807, 2.05) is 0 Å². The molecule has 1 saturated heterocycles. The summed E-state index contributed by atoms with van der Waals surface area (Å²) in [5.74, 6) is 0.187. The van der Waals surface area contributed by atoms with Crippen molar-refractivity contribution in [2.24, 2.45) is 5.41 Å². The number of nitrogens with one attached hydrogen (secondary N) is 1. The smallest absolute Gasteiger partial charge is 0.221 e. The monoisotopic (exact) mass is 344 g/mol. The highest BCUT2D eigenvalue weighted by Crippen LogP contribution is 2.31. The second-order valence-electron chi connectivity index (χ2n) is 8.05. The fourth-order valence-corrected chi connectivity index (χ4v) is 4.24. The minimum absolute atomic E-state index is 0.187. The molecule has 0 radical (unpaired) electrons. The normalized spacial score (nSPS) is 23.0. The molecule has 1 N–H and O–H groups in total.